The van der Waals surface area contributed by atoms with Crippen molar-refractivity contribution in [2.75, 3.05) is 6.54 Å². The molecular formula is C15H20ClN5O2. The second-order valence-corrected chi connectivity index (χ2v) is 6.14. The van der Waals surface area contributed by atoms with Gasteiger partial charge in [-0.15, -0.1) is 0 Å². The van der Waals surface area contributed by atoms with Gasteiger partial charge < -0.3 is 15.1 Å². The maximum atomic E-state index is 11.7. The van der Waals surface area contributed by atoms with E-state index < -0.39 is 12.0 Å². The molecule has 8 heteroatoms. The molecule has 1 atom stereocenters. The summed E-state index contributed by atoms with van der Waals surface area (Å²) in [5, 5.41) is 10.0. The largest absolute Gasteiger partial charge is 0.480 e. The number of carboxylic acids is 1. The van der Waals surface area contributed by atoms with Crippen LogP contribution in [0.15, 0.2) is 6.33 Å². The zero-order chi connectivity index (χ0) is 16.4. The summed E-state index contributed by atoms with van der Waals surface area (Å²) in [6.45, 7) is 3.17. The number of nitrogens with zero attached hydrogens (tertiary/aromatic N) is 3. The van der Waals surface area contributed by atoms with Crippen molar-refractivity contribution in [3.8, 4) is 0 Å². The lowest BCUT2D eigenvalue weighted by Crippen LogP contribution is -2.39. The second-order valence-electron chi connectivity index (χ2n) is 5.78. The van der Waals surface area contributed by atoms with Crippen LogP contribution in [-0.4, -0.2) is 42.5 Å². The standard InChI is InChI=1S/C15H20ClN5O2/c1-2-3-4-11-19-10(14(16)20-11)7-21-6-5-9-12(18-8-17-9)13(21)15(22)23/h8,13H,2-7H2,1H3,(H,17,18)(H,19,20)(H,22,23)/t13-/m1/s1. The van der Waals surface area contributed by atoms with Crippen LogP contribution in [-0.2, 0) is 24.2 Å². The van der Waals surface area contributed by atoms with Crippen molar-refractivity contribution in [2.45, 2.75) is 45.2 Å². The van der Waals surface area contributed by atoms with Gasteiger partial charge in [-0.2, -0.15) is 0 Å². The van der Waals surface area contributed by atoms with Crippen LogP contribution < -0.4 is 0 Å². The normalized spacial score (nSPS) is 18.1. The molecule has 0 amide bonds. The quantitative estimate of drug-likeness (QED) is 0.751. The molecule has 0 aromatic carbocycles. The Morgan fingerprint density at radius 3 is 3.13 bits per heavy atom. The minimum absolute atomic E-state index is 0.418. The van der Waals surface area contributed by atoms with E-state index in [-0.39, 0.29) is 0 Å². The zero-order valence-electron chi connectivity index (χ0n) is 13.0. The first kappa shape index (κ1) is 16.0. The van der Waals surface area contributed by atoms with Crippen LogP contribution in [0.5, 0.6) is 0 Å². The first-order valence-corrected chi connectivity index (χ1v) is 8.20. The van der Waals surface area contributed by atoms with E-state index in [1.807, 2.05) is 4.90 Å². The van der Waals surface area contributed by atoms with Gasteiger partial charge in [-0.3, -0.25) is 9.69 Å². The number of aromatic nitrogens is 4. The van der Waals surface area contributed by atoms with Crippen LogP contribution in [0.4, 0.5) is 0 Å². The van der Waals surface area contributed by atoms with Crippen LogP contribution in [0, 0.1) is 0 Å². The molecule has 0 unspecified atom stereocenters. The van der Waals surface area contributed by atoms with Crippen LogP contribution in [0.3, 0.4) is 0 Å². The first-order chi connectivity index (χ1) is 11.1. The van der Waals surface area contributed by atoms with Crippen molar-refractivity contribution in [3.05, 3.63) is 34.4 Å². The lowest BCUT2D eigenvalue weighted by atomic mass is 10.0. The van der Waals surface area contributed by atoms with Crippen molar-refractivity contribution in [2.24, 2.45) is 0 Å². The maximum Gasteiger partial charge on any atom is 0.327 e. The summed E-state index contributed by atoms with van der Waals surface area (Å²) in [5.41, 5.74) is 2.25. The predicted octanol–water partition coefficient (Wildman–Crippen LogP) is 2.31. The number of carboxylic acid groups (broad SMARTS) is 1. The molecule has 124 valence electrons. The molecule has 3 heterocycles. The number of imidazole rings is 2. The molecule has 1 aliphatic rings. The Balaban J connectivity index is 1.79. The molecule has 0 saturated heterocycles. The summed E-state index contributed by atoms with van der Waals surface area (Å²) in [6.07, 6.45) is 5.27. The SMILES string of the molecule is CCCCc1nc(Cl)c(CN2CCc3[nH]cnc3[C@@H]2C(=O)O)[nH]1. The van der Waals surface area contributed by atoms with E-state index in [0.717, 1.165) is 42.9 Å². The lowest BCUT2D eigenvalue weighted by Gasteiger charge is -2.31. The van der Waals surface area contributed by atoms with Gasteiger partial charge in [0, 0.05) is 31.6 Å². The number of carbonyl (C=O) groups is 1. The van der Waals surface area contributed by atoms with E-state index in [2.05, 4.69) is 26.9 Å². The Morgan fingerprint density at radius 1 is 1.57 bits per heavy atom. The maximum absolute atomic E-state index is 11.7. The smallest absolute Gasteiger partial charge is 0.327 e. The fourth-order valence-electron chi connectivity index (χ4n) is 2.98. The number of nitrogens with one attached hydrogen (secondary N) is 2. The number of aromatic amines is 2. The Kier molecular flexibility index (Phi) is 4.68. The van der Waals surface area contributed by atoms with E-state index in [0.29, 0.717) is 23.9 Å². The number of aliphatic carboxylic acids is 1. The number of hydrogen-bond donors (Lipinski definition) is 3. The summed E-state index contributed by atoms with van der Waals surface area (Å²) in [6, 6.07) is -0.761. The van der Waals surface area contributed by atoms with Crippen molar-refractivity contribution in [1.29, 1.82) is 0 Å². The Morgan fingerprint density at radius 2 is 2.39 bits per heavy atom. The monoisotopic (exact) mass is 337 g/mol. The molecule has 0 spiro atoms. The average molecular weight is 338 g/mol. The molecule has 0 radical (unpaired) electrons. The van der Waals surface area contributed by atoms with E-state index >= 15 is 0 Å². The predicted molar refractivity (Wildman–Crippen MR) is 85.3 cm³/mol. The lowest BCUT2D eigenvalue weighted by molar-refractivity contribution is -0.144. The van der Waals surface area contributed by atoms with Gasteiger partial charge in [-0.05, 0) is 6.42 Å². The summed E-state index contributed by atoms with van der Waals surface area (Å²) < 4.78 is 0. The van der Waals surface area contributed by atoms with Crippen LogP contribution in [0.1, 0.15) is 48.7 Å². The first-order valence-electron chi connectivity index (χ1n) is 7.82. The minimum atomic E-state index is -0.903. The molecule has 0 saturated carbocycles. The highest BCUT2D eigenvalue weighted by atomic mass is 35.5. The molecule has 0 fully saturated rings. The topological polar surface area (TPSA) is 97.9 Å². The molecule has 23 heavy (non-hydrogen) atoms. The van der Waals surface area contributed by atoms with E-state index in [9.17, 15) is 9.90 Å². The molecule has 1 aliphatic heterocycles. The Bertz CT molecular complexity index is 696. The molecule has 3 rings (SSSR count). The summed E-state index contributed by atoms with van der Waals surface area (Å²) in [7, 11) is 0. The molecule has 2 aromatic rings. The highest BCUT2D eigenvalue weighted by Crippen LogP contribution is 2.30. The summed E-state index contributed by atoms with van der Waals surface area (Å²) >= 11 is 6.21. The fraction of sp³-hybridized carbons (Fsp3) is 0.533. The van der Waals surface area contributed by atoms with Gasteiger partial charge in [0.15, 0.2) is 11.2 Å². The highest BCUT2D eigenvalue weighted by Gasteiger charge is 2.35. The number of unbranched alkanes of at least 4 members (excludes halogenated alkanes) is 1. The number of halogens is 1. The third kappa shape index (κ3) is 3.25. The van der Waals surface area contributed by atoms with Gasteiger partial charge in [-0.25, -0.2) is 9.97 Å². The van der Waals surface area contributed by atoms with E-state index in [1.54, 1.807) is 6.33 Å². The van der Waals surface area contributed by atoms with Gasteiger partial charge in [0.1, 0.15) is 5.82 Å². The van der Waals surface area contributed by atoms with Crippen molar-refractivity contribution < 1.29 is 9.90 Å². The molecule has 0 bridgehead atoms. The number of aryl methyl sites for hydroxylation is 1. The van der Waals surface area contributed by atoms with Gasteiger partial charge in [-0.1, -0.05) is 24.9 Å². The van der Waals surface area contributed by atoms with Gasteiger partial charge in [0.2, 0.25) is 0 Å². The number of fused-ring (bicyclic) bond motifs is 1. The minimum Gasteiger partial charge on any atom is -0.480 e. The van der Waals surface area contributed by atoms with E-state index in [4.69, 9.17) is 11.6 Å². The van der Waals surface area contributed by atoms with Crippen LogP contribution >= 0.6 is 11.6 Å². The average Bonchev–Trinajstić information content (AvgIpc) is 3.11. The summed E-state index contributed by atoms with van der Waals surface area (Å²) in [4.78, 5) is 28.3. The number of rotatable bonds is 6. The van der Waals surface area contributed by atoms with Gasteiger partial charge >= 0.3 is 5.97 Å². The Labute approximate surface area is 139 Å². The third-order valence-corrected chi connectivity index (χ3v) is 4.48. The van der Waals surface area contributed by atoms with Crippen LogP contribution in [0.2, 0.25) is 5.15 Å². The van der Waals surface area contributed by atoms with Gasteiger partial charge in [0.05, 0.1) is 17.7 Å². The van der Waals surface area contributed by atoms with Crippen molar-refractivity contribution in [3.63, 3.8) is 0 Å². The highest BCUT2D eigenvalue weighted by molar-refractivity contribution is 6.30. The van der Waals surface area contributed by atoms with Crippen molar-refractivity contribution >= 4 is 17.6 Å². The molecule has 3 N–H and O–H groups in total. The number of H-pyrrole nitrogens is 2. The second kappa shape index (κ2) is 6.72. The summed E-state index contributed by atoms with van der Waals surface area (Å²) in [5.74, 6) is -0.0453. The molecule has 2 aromatic heterocycles. The number of hydrogen-bond acceptors (Lipinski definition) is 4. The molecule has 0 aliphatic carbocycles. The fourth-order valence-corrected chi connectivity index (χ4v) is 3.19. The Hall–Kier alpha value is -1.86. The third-order valence-electron chi connectivity index (χ3n) is 4.16. The molecule has 7 nitrogen and oxygen atoms in total. The van der Waals surface area contributed by atoms with Crippen LogP contribution in [0.25, 0.3) is 0 Å². The zero-order valence-corrected chi connectivity index (χ0v) is 13.7. The van der Waals surface area contributed by atoms with Gasteiger partial charge in [0.25, 0.3) is 0 Å². The van der Waals surface area contributed by atoms with Crippen molar-refractivity contribution in [1.82, 2.24) is 24.8 Å². The van der Waals surface area contributed by atoms with E-state index in [1.165, 1.54) is 0 Å². The molecular weight excluding hydrogens is 318 g/mol.